The number of anilines is 1. The summed E-state index contributed by atoms with van der Waals surface area (Å²) in [7, 11) is 0. The molecule has 0 atom stereocenters. The Balaban J connectivity index is 2.18. The third kappa shape index (κ3) is 2.21. The van der Waals surface area contributed by atoms with E-state index in [2.05, 4.69) is 31.1 Å². The van der Waals surface area contributed by atoms with Crippen molar-refractivity contribution < 1.29 is 4.52 Å². The van der Waals surface area contributed by atoms with Crippen molar-refractivity contribution in [3.05, 3.63) is 45.8 Å². The summed E-state index contributed by atoms with van der Waals surface area (Å²) in [6, 6.07) is 9.95. The quantitative estimate of drug-likeness (QED) is 0.731. The molecule has 2 N–H and O–H groups in total. The number of hydrogen-bond acceptors (Lipinski definition) is 4. The first-order chi connectivity index (χ1) is 9.56. The van der Waals surface area contributed by atoms with Gasteiger partial charge >= 0.3 is 0 Å². The molecule has 20 heavy (non-hydrogen) atoms. The van der Waals surface area contributed by atoms with E-state index in [0.29, 0.717) is 15.9 Å². The van der Waals surface area contributed by atoms with E-state index in [4.69, 9.17) is 21.9 Å². The number of nitrogen functional groups attached to an aromatic ring is 1. The molecule has 0 fully saturated rings. The van der Waals surface area contributed by atoms with Crippen LogP contribution in [0, 0.1) is 13.8 Å². The molecule has 3 aromatic rings. The highest BCUT2D eigenvalue weighted by Gasteiger charge is 2.19. The van der Waals surface area contributed by atoms with E-state index < -0.39 is 0 Å². The summed E-state index contributed by atoms with van der Waals surface area (Å²) < 4.78 is 6.11. The molecule has 2 aromatic heterocycles. The zero-order chi connectivity index (χ0) is 14.3. The van der Waals surface area contributed by atoms with Crippen LogP contribution in [-0.2, 0) is 0 Å². The van der Waals surface area contributed by atoms with Crippen molar-refractivity contribution in [2.24, 2.45) is 0 Å². The fraction of sp³-hybridized carbons (Fsp3) is 0.133. The van der Waals surface area contributed by atoms with Gasteiger partial charge in [0, 0.05) is 0 Å². The number of rotatable bonds is 2. The van der Waals surface area contributed by atoms with Gasteiger partial charge in [-0.15, -0.1) is 11.3 Å². The molecule has 0 aliphatic rings. The van der Waals surface area contributed by atoms with Crippen LogP contribution in [0.25, 0.3) is 21.8 Å². The molecular weight excluding hydrogens is 292 g/mol. The highest BCUT2D eigenvalue weighted by Crippen LogP contribution is 2.40. The SMILES string of the molecule is Cc1ccc(-c2c(N)noc2-c2ccc(Cl)s2)cc1C. The van der Waals surface area contributed by atoms with Crippen LogP contribution in [0.5, 0.6) is 0 Å². The molecule has 3 nitrogen and oxygen atoms in total. The lowest BCUT2D eigenvalue weighted by atomic mass is 10.00. The molecule has 102 valence electrons. The van der Waals surface area contributed by atoms with E-state index in [9.17, 15) is 0 Å². The largest absolute Gasteiger partial charge is 0.380 e. The lowest BCUT2D eigenvalue weighted by molar-refractivity contribution is 0.437. The second kappa shape index (κ2) is 4.96. The van der Waals surface area contributed by atoms with E-state index in [1.165, 1.54) is 22.5 Å². The molecule has 0 aliphatic carbocycles. The minimum Gasteiger partial charge on any atom is -0.380 e. The Labute approximate surface area is 126 Å². The van der Waals surface area contributed by atoms with Crippen molar-refractivity contribution >= 4 is 28.8 Å². The summed E-state index contributed by atoms with van der Waals surface area (Å²) >= 11 is 7.43. The van der Waals surface area contributed by atoms with E-state index in [0.717, 1.165) is 16.0 Å². The van der Waals surface area contributed by atoms with Crippen LogP contribution in [0.3, 0.4) is 0 Å². The molecule has 0 amide bonds. The minimum absolute atomic E-state index is 0.396. The monoisotopic (exact) mass is 304 g/mol. The summed E-state index contributed by atoms with van der Waals surface area (Å²) in [6.07, 6.45) is 0. The average Bonchev–Trinajstić information content (AvgIpc) is 2.99. The maximum atomic E-state index is 5.99. The lowest BCUT2D eigenvalue weighted by Gasteiger charge is -2.05. The summed E-state index contributed by atoms with van der Waals surface area (Å²) in [5.41, 5.74) is 10.3. The van der Waals surface area contributed by atoms with Gasteiger partial charge in [-0.2, -0.15) is 0 Å². The number of halogens is 1. The molecule has 0 saturated carbocycles. The summed E-state index contributed by atoms with van der Waals surface area (Å²) in [5, 5.41) is 3.90. The van der Waals surface area contributed by atoms with Gasteiger partial charge in [0.1, 0.15) is 0 Å². The van der Waals surface area contributed by atoms with Gasteiger partial charge in [0.15, 0.2) is 11.6 Å². The van der Waals surface area contributed by atoms with Gasteiger partial charge in [0.25, 0.3) is 0 Å². The topological polar surface area (TPSA) is 52.0 Å². The number of hydrogen-bond donors (Lipinski definition) is 1. The number of aryl methyl sites for hydroxylation is 2. The number of nitrogens with zero attached hydrogens (tertiary/aromatic N) is 1. The maximum Gasteiger partial charge on any atom is 0.186 e. The van der Waals surface area contributed by atoms with E-state index >= 15 is 0 Å². The second-order valence-corrected chi connectivity index (χ2v) is 6.39. The van der Waals surface area contributed by atoms with Gasteiger partial charge in [-0.05, 0) is 42.7 Å². The first kappa shape index (κ1) is 13.2. The van der Waals surface area contributed by atoms with Crippen LogP contribution >= 0.6 is 22.9 Å². The normalized spacial score (nSPS) is 10.9. The van der Waals surface area contributed by atoms with Crippen molar-refractivity contribution in [1.82, 2.24) is 5.16 Å². The minimum atomic E-state index is 0.396. The molecule has 0 unspecified atom stereocenters. The molecule has 2 heterocycles. The smallest absolute Gasteiger partial charge is 0.186 e. The number of nitrogens with two attached hydrogens (primary N) is 1. The van der Waals surface area contributed by atoms with Gasteiger partial charge in [-0.1, -0.05) is 35.0 Å². The Hall–Kier alpha value is -1.78. The van der Waals surface area contributed by atoms with Crippen molar-refractivity contribution in [2.75, 3.05) is 5.73 Å². The van der Waals surface area contributed by atoms with Crippen LogP contribution in [0.1, 0.15) is 11.1 Å². The zero-order valence-electron chi connectivity index (χ0n) is 11.1. The number of thiophene rings is 1. The third-order valence-corrected chi connectivity index (χ3v) is 4.54. The van der Waals surface area contributed by atoms with E-state index in [-0.39, 0.29) is 0 Å². The fourth-order valence-electron chi connectivity index (χ4n) is 2.08. The maximum absolute atomic E-state index is 5.99. The average molecular weight is 305 g/mol. The molecular formula is C15H13ClN2OS. The second-order valence-electron chi connectivity index (χ2n) is 4.67. The van der Waals surface area contributed by atoms with Gasteiger partial charge in [0.05, 0.1) is 14.8 Å². The van der Waals surface area contributed by atoms with Crippen molar-refractivity contribution in [1.29, 1.82) is 0 Å². The van der Waals surface area contributed by atoms with E-state index in [1.807, 2.05) is 18.2 Å². The van der Waals surface area contributed by atoms with Gasteiger partial charge in [0.2, 0.25) is 0 Å². The van der Waals surface area contributed by atoms with Crippen LogP contribution in [-0.4, -0.2) is 5.16 Å². The van der Waals surface area contributed by atoms with Crippen molar-refractivity contribution in [3.63, 3.8) is 0 Å². The van der Waals surface area contributed by atoms with Gasteiger partial charge in [-0.25, -0.2) is 0 Å². The molecule has 0 spiro atoms. The molecule has 0 radical (unpaired) electrons. The standard InChI is InChI=1S/C15H13ClN2OS/c1-8-3-4-10(7-9(8)2)13-14(19-18-15(13)17)11-5-6-12(16)20-11/h3-7H,1-2H3,(H2,17,18). The van der Waals surface area contributed by atoms with Crippen molar-refractivity contribution in [2.45, 2.75) is 13.8 Å². The number of benzene rings is 1. The van der Waals surface area contributed by atoms with Crippen LogP contribution in [0.15, 0.2) is 34.9 Å². The Morgan fingerprint density at radius 2 is 1.95 bits per heavy atom. The summed E-state index contributed by atoms with van der Waals surface area (Å²) in [5.74, 6) is 1.07. The molecule has 1 aromatic carbocycles. The van der Waals surface area contributed by atoms with Crippen molar-refractivity contribution in [3.8, 4) is 21.8 Å². The molecule has 0 bridgehead atoms. The highest BCUT2D eigenvalue weighted by molar-refractivity contribution is 7.19. The Morgan fingerprint density at radius 1 is 1.15 bits per heavy atom. The fourth-order valence-corrected chi connectivity index (χ4v) is 3.11. The van der Waals surface area contributed by atoms with Gasteiger partial charge in [-0.3, -0.25) is 0 Å². The Kier molecular flexibility index (Phi) is 3.28. The predicted molar refractivity (Wildman–Crippen MR) is 84.1 cm³/mol. The highest BCUT2D eigenvalue weighted by atomic mass is 35.5. The summed E-state index contributed by atoms with van der Waals surface area (Å²) in [4.78, 5) is 0.924. The molecule has 0 aliphatic heterocycles. The van der Waals surface area contributed by atoms with Crippen LogP contribution in [0.2, 0.25) is 4.34 Å². The molecule has 5 heteroatoms. The Morgan fingerprint density at radius 3 is 2.60 bits per heavy atom. The van der Waals surface area contributed by atoms with E-state index in [1.54, 1.807) is 0 Å². The first-order valence-electron chi connectivity index (χ1n) is 6.14. The van der Waals surface area contributed by atoms with Crippen LogP contribution < -0.4 is 5.73 Å². The van der Waals surface area contributed by atoms with Crippen LogP contribution in [0.4, 0.5) is 5.82 Å². The lowest BCUT2D eigenvalue weighted by Crippen LogP contribution is -1.90. The predicted octanol–water partition coefficient (Wildman–Crippen LogP) is 4.92. The molecule has 3 rings (SSSR count). The van der Waals surface area contributed by atoms with Gasteiger partial charge < -0.3 is 10.3 Å². The first-order valence-corrected chi connectivity index (χ1v) is 7.34. The zero-order valence-corrected chi connectivity index (χ0v) is 12.7. The third-order valence-electron chi connectivity index (χ3n) is 3.31. The number of aromatic nitrogens is 1. The molecule has 0 saturated heterocycles. The summed E-state index contributed by atoms with van der Waals surface area (Å²) in [6.45, 7) is 4.15. The Bertz CT molecular complexity index is 776.